The summed E-state index contributed by atoms with van der Waals surface area (Å²) in [5.41, 5.74) is 2.02. The van der Waals surface area contributed by atoms with Gasteiger partial charge in [-0.3, -0.25) is 4.31 Å². The van der Waals surface area contributed by atoms with E-state index in [-0.39, 0.29) is 0 Å². The molecule has 0 amide bonds. The molecule has 118 valence electrons. The number of aryl methyl sites for hydroxylation is 1. The maximum atomic E-state index is 12.9. The van der Waals surface area contributed by atoms with Crippen LogP contribution in [0.1, 0.15) is 38.7 Å². The third-order valence-corrected chi connectivity index (χ3v) is 6.17. The molecule has 0 radical (unpaired) electrons. The minimum atomic E-state index is -3.31. The predicted molar refractivity (Wildman–Crippen MR) is 88.3 cm³/mol. The molecule has 4 nitrogen and oxygen atoms in total. The Morgan fingerprint density at radius 3 is 2.81 bits per heavy atom. The Labute approximate surface area is 128 Å². The van der Waals surface area contributed by atoms with Crippen LogP contribution < -0.4 is 9.62 Å². The number of para-hydroxylation sites is 1. The van der Waals surface area contributed by atoms with Crippen LogP contribution in [0.5, 0.6) is 0 Å². The van der Waals surface area contributed by atoms with Crippen LogP contribution >= 0.6 is 0 Å². The van der Waals surface area contributed by atoms with Crippen LogP contribution in [0.4, 0.5) is 5.69 Å². The molecule has 1 aliphatic rings. The van der Waals surface area contributed by atoms with Gasteiger partial charge in [0.05, 0.1) is 10.9 Å². The lowest BCUT2D eigenvalue weighted by Crippen LogP contribution is -2.42. The quantitative estimate of drug-likeness (QED) is 0.822. The first-order valence-corrected chi connectivity index (χ1v) is 9.38. The summed E-state index contributed by atoms with van der Waals surface area (Å²) in [4.78, 5) is 0. The topological polar surface area (TPSA) is 49.4 Å². The van der Waals surface area contributed by atoms with Crippen LogP contribution in [-0.4, -0.2) is 33.3 Å². The van der Waals surface area contributed by atoms with Gasteiger partial charge in [-0.1, -0.05) is 25.1 Å². The molecule has 0 aromatic heterocycles. The van der Waals surface area contributed by atoms with E-state index in [1.807, 2.05) is 24.3 Å². The van der Waals surface area contributed by atoms with Crippen LogP contribution in [0.2, 0.25) is 0 Å². The standard InChI is InChI=1S/C16H26N2O2S/c1-3-11-17-13-14(2)21(19,20)18-12-7-6-9-15-8-4-5-10-16(15)18/h4-5,8,10,14,17H,3,6-7,9,11-13H2,1-2H3. The normalized spacial score (nSPS) is 17.1. The Hall–Kier alpha value is -1.07. The van der Waals surface area contributed by atoms with Gasteiger partial charge in [0.25, 0.3) is 0 Å². The molecule has 1 unspecified atom stereocenters. The third-order valence-electron chi connectivity index (χ3n) is 3.99. The molecule has 0 saturated heterocycles. The SMILES string of the molecule is CCCNCC(C)S(=O)(=O)N1CCCCc2ccccc21. The fourth-order valence-corrected chi connectivity index (χ4v) is 4.32. The van der Waals surface area contributed by atoms with Gasteiger partial charge in [-0.25, -0.2) is 8.42 Å². The van der Waals surface area contributed by atoms with Gasteiger partial charge < -0.3 is 5.32 Å². The van der Waals surface area contributed by atoms with E-state index < -0.39 is 15.3 Å². The van der Waals surface area contributed by atoms with Crippen molar-refractivity contribution < 1.29 is 8.42 Å². The molecular weight excluding hydrogens is 284 g/mol. The maximum absolute atomic E-state index is 12.9. The molecule has 1 N–H and O–H groups in total. The van der Waals surface area contributed by atoms with E-state index in [9.17, 15) is 8.42 Å². The number of nitrogens with one attached hydrogen (secondary N) is 1. The number of rotatable bonds is 6. The summed E-state index contributed by atoms with van der Waals surface area (Å²) in [6, 6.07) is 7.89. The second-order valence-corrected chi connectivity index (χ2v) is 7.99. The Morgan fingerprint density at radius 2 is 2.05 bits per heavy atom. The molecule has 5 heteroatoms. The number of fused-ring (bicyclic) bond motifs is 1. The molecule has 21 heavy (non-hydrogen) atoms. The van der Waals surface area contributed by atoms with Crippen molar-refractivity contribution in [1.82, 2.24) is 5.32 Å². The molecular formula is C16H26N2O2S. The van der Waals surface area contributed by atoms with Gasteiger partial charge in [-0.2, -0.15) is 0 Å². The monoisotopic (exact) mass is 310 g/mol. The smallest absolute Gasteiger partial charge is 0.239 e. The first-order chi connectivity index (χ1) is 10.1. The zero-order valence-corrected chi connectivity index (χ0v) is 13.8. The summed E-state index contributed by atoms with van der Waals surface area (Å²) >= 11 is 0. The fraction of sp³-hybridized carbons (Fsp3) is 0.625. The van der Waals surface area contributed by atoms with Crippen molar-refractivity contribution in [3.05, 3.63) is 29.8 Å². The van der Waals surface area contributed by atoms with E-state index in [1.54, 1.807) is 11.2 Å². The lowest BCUT2D eigenvalue weighted by Gasteiger charge is -2.28. The largest absolute Gasteiger partial charge is 0.315 e. The van der Waals surface area contributed by atoms with Gasteiger partial charge in [0.1, 0.15) is 0 Å². The maximum Gasteiger partial charge on any atom is 0.239 e. The molecule has 1 heterocycles. The van der Waals surface area contributed by atoms with Crippen molar-refractivity contribution >= 4 is 15.7 Å². The summed E-state index contributed by atoms with van der Waals surface area (Å²) in [6.45, 7) is 5.84. The molecule has 0 bridgehead atoms. The number of hydrogen-bond acceptors (Lipinski definition) is 3. The highest BCUT2D eigenvalue weighted by Crippen LogP contribution is 2.29. The molecule has 0 fully saturated rings. The number of nitrogens with zero attached hydrogens (tertiary/aromatic N) is 1. The van der Waals surface area contributed by atoms with E-state index in [1.165, 1.54) is 0 Å². The van der Waals surface area contributed by atoms with Gasteiger partial charge >= 0.3 is 0 Å². The summed E-state index contributed by atoms with van der Waals surface area (Å²) in [7, 11) is -3.31. The minimum absolute atomic E-state index is 0.407. The summed E-state index contributed by atoms with van der Waals surface area (Å²) in [6.07, 6.45) is 3.94. The average molecular weight is 310 g/mol. The second-order valence-electron chi connectivity index (χ2n) is 5.72. The summed E-state index contributed by atoms with van der Waals surface area (Å²) < 4.78 is 27.4. The zero-order valence-electron chi connectivity index (χ0n) is 13.0. The van der Waals surface area contributed by atoms with Crippen molar-refractivity contribution in [3.8, 4) is 0 Å². The Morgan fingerprint density at radius 1 is 1.29 bits per heavy atom. The van der Waals surface area contributed by atoms with Crippen molar-refractivity contribution in [3.63, 3.8) is 0 Å². The molecule has 0 saturated carbocycles. The first kappa shape index (κ1) is 16.3. The highest BCUT2D eigenvalue weighted by atomic mass is 32.2. The Bertz CT molecular complexity index is 557. The van der Waals surface area contributed by atoms with E-state index in [0.717, 1.165) is 43.5 Å². The summed E-state index contributed by atoms with van der Waals surface area (Å²) in [5.74, 6) is 0. The predicted octanol–water partition coefficient (Wildman–Crippen LogP) is 2.55. The van der Waals surface area contributed by atoms with Gasteiger partial charge in [-0.05, 0) is 50.8 Å². The van der Waals surface area contributed by atoms with Gasteiger partial charge in [-0.15, -0.1) is 0 Å². The molecule has 1 aliphatic heterocycles. The number of anilines is 1. The first-order valence-electron chi connectivity index (χ1n) is 7.87. The molecule has 2 rings (SSSR count). The van der Waals surface area contributed by atoms with E-state index in [4.69, 9.17) is 0 Å². The fourth-order valence-electron chi connectivity index (χ4n) is 2.73. The average Bonchev–Trinajstić information content (AvgIpc) is 2.70. The number of hydrogen-bond donors (Lipinski definition) is 1. The van der Waals surface area contributed by atoms with Crippen molar-refractivity contribution in [2.75, 3.05) is 23.9 Å². The van der Waals surface area contributed by atoms with Crippen LogP contribution in [0, 0.1) is 0 Å². The second kappa shape index (κ2) is 7.27. The van der Waals surface area contributed by atoms with Crippen molar-refractivity contribution in [2.24, 2.45) is 0 Å². The van der Waals surface area contributed by atoms with E-state index in [0.29, 0.717) is 13.1 Å². The van der Waals surface area contributed by atoms with Crippen LogP contribution in [0.3, 0.4) is 0 Å². The molecule has 1 atom stereocenters. The lowest BCUT2D eigenvalue weighted by atomic mass is 10.1. The molecule has 1 aromatic carbocycles. The van der Waals surface area contributed by atoms with Gasteiger partial charge in [0.15, 0.2) is 0 Å². The molecule has 1 aromatic rings. The van der Waals surface area contributed by atoms with Crippen LogP contribution in [0.15, 0.2) is 24.3 Å². The van der Waals surface area contributed by atoms with Crippen molar-refractivity contribution in [2.45, 2.75) is 44.8 Å². The lowest BCUT2D eigenvalue weighted by molar-refractivity contribution is 0.565. The van der Waals surface area contributed by atoms with E-state index in [2.05, 4.69) is 12.2 Å². The summed E-state index contributed by atoms with van der Waals surface area (Å²) in [5, 5.41) is 2.81. The molecule has 0 spiro atoms. The zero-order chi connectivity index (χ0) is 15.3. The van der Waals surface area contributed by atoms with Gasteiger partial charge in [0, 0.05) is 13.1 Å². The molecule has 0 aliphatic carbocycles. The Kier molecular flexibility index (Phi) is 5.65. The van der Waals surface area contributed by atoms with Crippen LogP contribution in [0.25, 0.3) is 0 Å². The Balaban J connectivity index is 2.23. The van der Waals surface area contributed by atoms with Crippen LogP contribution in [-0.2, 0) is 16.4 Å². The number of sulfonamides is 1. The number of benzene rings is 1. The third kappa shape index (κ3) is 3.77. The highest BCUT2D eigenvalue weighted by molar-refractivity contribution is 7.93. The highest BCUT2D eigenvalue weighted by Gasteiger charge is 2.30. The minimum Gasteiger partial charge on any atom is -0.315 e. The van der Waals surface area contributed by atoms with Gasteiger partial charge in [0.2, 0.25) is 10.0 Å². The van der Waals surface area contributed by atoms with E-state index >= 15 is 0 Å². The van der Waals surface area contributed by atoms with Crippen molar-refractivity contribution in [1.29, 1.82) is 0 Å².